The molecule has 0 aliphatic rings. The number of aromatic nitrogens is 1. The van der Waals surface area contributed by atoms with Gasteiger partial charge in [-0.15, -0.1) is 11.3 Å². The highest BCUT2D eigenvalue weighted by atomic mass is 79.9. The predicted molar refractivity (Wildman–Crippen MR) is 104 cm³/mol. The second-order valence-electron chi connectivity index (χ2n) is 5.07. The lowest BCUT2D eigenvalue weighted by Crippen LogP contribution is -2.14. The molecule has 2 aromatic heterocycles. The van der Waals surface area contributed by atoms with Gasteiger partial charge in [0.1, 0.15) is 14.9 Å². The van der Waals surface area contributed by atoms with E-state index in [0.29, 0.717) is 9.35 Å². The molecule has 2 N–H and O–H groups in total. The van der Waals surface area contributed by atoms with E-state index in [0.717, 1.165) is 23.1 Å². The van der Waals surface area contributed by atoms with Crippen LogP contribution in [0.15, 0.2) is 58.0 Å². The van der Waals surface area contributed by atoms with Crippen molar-refractivity contribution in [3.8, 4) is 10.4 Å². The molecule has 0 saturated heterocycles. The summed E-state index contributed by atoms with van der Waals surface area (Å²) >= 11 is 9.89. The number of anilines is 1. The summed E-state index contributed by atoms with van der Waals surface area (Å²) < 4.78 is 27.8. The van der Waals surface area contributed by atoms with Crippen LogP contribution < -0.4 is 4.72 Å². The van der Waals surface area contributed by atoms with Crippen molar-refractivity contribution in [2.24, 2.45) is 0 Å². The van der Waals surface area contributed by atoms with E-state index in [1.54, 1.807) is 0 Å². The Labute approximate surface area is 166 Å². The van der Waals surface area contributed by atoms with Gasteiger partial charge in [0, 0.05) is 11.1 Å². The number of carboxylic acids is 1. The Morgan fingerprint density at radius 1 is 1.23 bits per heavy atom. The summed E-state index contributed by atoms with van der Waals surface area (Å²) in [6, 6.07) is 11.9. The van der Waals surface area contributed by atoms with Gasteiger partial charge in [-0.05, 0) is 33.6 Å². The second kappa shape index (κ2) is 7.36. The Bertz CT molecular complexity index is 1080. The first-order valence-corrected chi connectivity index (χ1v) is 10.5. The summed E-state index contributed by atoms with van der Waals surface area (Å²) in [6.45, 7) is 0. The van der Waals surface area contributed by atoms with E-state index in [9.17, 15) is 18.3 Å². The fraction of sp³-hybridized carbons (Fsp3) is 0. The van der Waals surface area contributed by atoms with Crippen LogP contribution >= 0.6 is 38.9 Å². The first kappa shape index (κ1) is 18.8. The number of pyridine rings is 1. The molecule has 0 aliphatic heterocycles. The molecule has 0 atom stereocenters. The topological polar surface area (TPSA) is 96.4 Å². The van der Waals surface area contributed by atoms with Gasteiger partial charge in [-0.1, -0.05) is 41.9 Å². The van der Waals surface area contributed by atoms with Gasteiger partial charge in [0.2, 0.25) is 0 Å². The second-order valence-corrected chi connectivity index (χ2v) is 9.02. The van der Waals surface area contributed by atoms with Gasteiger partial charge in [-0.2, -0.15) is 0 Å². The summed E-state index contributed by atoms with van der Waals surface area (Å²) in [5.74, 6) is -1.22. The highest BCUT2D eigenvalue weighted by Gasteiger charge is 2.23. The number of thiophene rings is 1. The zero-order valence-corrected chi connectivity index (χ0v) is 16.8. The third kappa shape index (κ3) is 3.90. The molecular weight excluding hydrogens is 464 g/mol. The van der Waals surface area contributed by atoms with Gasteiger partial charge >= 0.3 is 5.97 Å². The molecule has 0 unspecified atom stereocenters. The lowest BCUT2D eigenvalue weighted by atomic mass is 10.2. The summed E-state index contributed by atoms with van der Waals surface area (Å²) in [5.41, 5.74) is 0.786. The molecule has 3 aromatic rings. The van der Waals surface area contributed by atoms with Crippen LogP contribution in [0.25, 0.3) is 10.4 Å². The van der Waals surface area contributed by atoms with Crippen molar-refractivity contribution >= 4 is 60.5 Å². The molecule has 0 aliphatic carbocycles. The van der Waals surface area contributed by atoms with E-state index in [2.05, 4.69) is 25.6 Å². The number of halogens is 2. The SMILES string of the molecule is O=C(O)c1sc(-c2ccccc2)cc1NS(=O)(=O)c1cnc(Cl)c(Br)c1. The molecule has 0 fully saturated rings. The highest BCUT2D eigenvalue weighted by Crippen LogP contribution is 2.36. The standard InChI is InChI=1S/C16H10BrClN2O4S2/c17-11-6-10(8-19-15(11)18)26(23,24)20-12-7-13(25-14(12)16(21)22)9-4-2-1-3-5-9/h1-8,20H,(H,21,22). The lowest BCUT2D eigenvalue weighted by Gasteiger charge is -2.08. The zero-order chi connectivity index (χ0) is 18.9. The lowest BCUT2D eigenvalue weighted by molar-refractivity contribution is 0.0703. The van der Waals surface area contributed by atoms with Crippen LogP contribution in [0, 0.1) is 0 Å². The maximum absolute atomic E-state index is 12.6. The third-order valence-corrected chi connectivity index (χ3v) is 6.95. The fourth-order valence-electron chi connectivity index (χ4n) is 2.12. The minimum absolute atomic E-state index is 0.00701. The monoisotopic (exact) mass is 472 g/mol. The van der Waals surface area contributed by atoms with Gasteiger partial charge in [-0.3, -0.25) is 4.72 Å². The summed E-state index contributed by atoms with van der Waals surface area (Å²) in [7, 11) is -4.04. The molecule has 0 bridgehead atoms. The average Bonchev–Trinajstić information content (AvgIpc) is 3.01. The number of hydrogen-bond acceptors (Lipinski definition) is 5. The van der Waals surface area contributed by atoms with Crippen molar-refractivity contribution in [3.63, 3.8) is 0 Å². The van der Waals surface area contributed by atoms with Gasteiger partial charge < -0.3 is 5.11 Å². The molecule has 26 heavy (non-hydrogen) atoms. The Morgan fingerprint density at radius 3 is 2.54 bits per heavy atom. The van der Waals surface area contributed by atoms with Gasteiger partial charge in [0.25, 0.3) is 10.0 Å². The van der Waals surface area contributed by atoms with Crippen molar-refractivity contribution in [1.29, 1.82) is 0 Å². The molecule has 134 valence electrons. The average molecular weight is 474 g/mol. The minimum Gasteiger partial charge on any atom is -0.477 e. The number of carboxylic acid groups (broad SMARTS) is 1. The quantitative estimate of drug-likeness (QED) is 0.522. The Kier molecular flexibility index (Phi) is 5.33. The minimum atomic E-state index is -4.04. The van der Waals surface area contributed by atoms with Crippen LogP contribution in [0.5, 0.6) is 0 Å². The molecule has 2 heterocycles. The molecule has 1 aromatic carbocycles. The van der Waals surface area contributed by atoms with E-state index in [4.69, 9.17) is 11.6 Å². The van der Waals surface area contributed by atoms with E-state index in [1.165, 1.54) is 12.1 Å². The van der Waals surface area contributed by atoms with Crippen molar-refractivity contribution < 1.29 is 18.3 Å². The maximum Gasteiger partial charge on any atom is 0.348 e. The van der Waals surface area contributed by atoms with E-state index in [1.807, 2.05) is 30.3 Å². The van der Waals surface area contributed by atoms with Crippen molar-refractivity contribution in [3.05, 3.63) is 63.2 Å². The number of rotatable bonds is 5. The molecule has 0 amide bonds. The van der Waals surface area contributed by atoms with Crippen molar-refractivity contribution in [2.45, 2.75) is 4.90 Å². The predicted octanol–water partition coefficient (Wildman–Crippen LogP) is 4.73. The Hall–Kier alpha value is -1.94. The normalized spacial score (nSPS) is 11.3. The van der Waals surface area contributed by atoms with Crippen LogP contribution in [0.1, 0.15) is 9.67 Å². The van der Waals surface area contributed by atoms with Gasteiger partial charge in [0.15, 0.2) is 0 Å². The molecular formula is C16H10BrClN2O4S2. The van der Waals surface area contributed by atoms with E-state index in [-0.39, 0.29) is 20.6 Å². The van der Waals surface area contributed by atoms with Crippen LogP contribution in [0.4, 0.5) is 5.69 Å². The molecule has 6 nitrogen and oxygen atoms in total. The number of sulfonamides is 1. The number of aromatic carboxylic acids is 1. The molecule has 10 heteroatoms. The molecule has 3 rings (SSSR count). The largest absolute Gasteiger partial charge is 0.477 e. The van der Waals surface area contributed by atoms with Crippen LogP contribution in [0.2, 0.25) is 5.15 Å². The van der Waals surface area contributed by atoms with Crippen molar-refractivity contribution in [1.82, 2.24) is 4.98 Å². The summed E-state index contributed by atoms with van der Waals surface area (Å²) in [5, 5.41) is 9.53. The third-order valence-electron chi connectivity index (χ3n) is 3.31. The summed E-state index contributed by atoms with van der Waals surface area (Å²) in [6.07, 6.45) is 1.10. The fourth-order valence-corrected chi connectivity index (χ4v) is 4.78. The van der Waals surface area contributed by atoms with Crippen molar-refractivity contribution in [2.75, 3.05) is 4.72 Å². The summed E-state index contributed by atoms with van der Waals surface area (Å²) in [4.78, 5) is 15.7. The number of nitrogens with one attached hydrogen (secondary N) is 1. The van der Waals surface area contributed by atoms with Gasteiger partial charge in [-0.25, -0.2) is 18.2 Å². The molecule has 0 saturated carbocycles. The van der Waals surface area contributed by atoms with Crippen LogP contribution in [-0.4, -0.2) is 24.5 Å². The Morgan fingerprint density at radius 2 is 1.92 bits per heavy atom. The first-order valence-electron chi connectivity index (χ1n) is 7.04. The molecule has 0 radical (unpaired) electrons. The number of hydrogen-bond donors (Lipinski definition) is 2. The number of benzene rings is 1. The van der Waals surface area contributed by atoms with Crippen LogP contribution in [0.3, 0.4) is 0 Å². The van der Waals surface area contributed by atoms with Gasteiger partial charge in [0.05, 0.1) is 10.2 Å². The maximum atomic E-state index is 12.6. The van der Waals surface area contributed by atoms with E-state index >= 15 is 0 Å². The van der Waals surface area contributed by atoms with E-state index < -0.39 is 16.0 Å². The zero-order valence-electron chi connectivity index (χ0n) is 12.8. The molecule has 0 spiro atoms. The van der Waals surface area contributed by atoms with Crippen LogP contribution in [-0.2, 0) is 10.0 Å². The first-order chi connectivity index (χ1) is 12.3. The number of carbonyl (C=O) groups is 1. The smallest absolute Gasteiger partial charge is 0.348 e. The number of nitrogens with zero attached hydrogens (tertiary/aromatic N) is 1. The Balaban J connectivity index is 2.02. The highest BCUT2D eigenvalue weighted by molar-refractivity contribution is 9.10.